The average Bonchev–Trinajstić information content (AvgIpc) is 3.28. The van der Waals surface area contributed by atoms with E-state index in [9.17, 15) is 4.79 Å². The summed E-state index contributed by atoms with van der Waals surface area (Å²) in [4.78, 5) is 15.0. The molecule has 1 aromatic heterocycles. The van der Waals surface area contributed by atoms with Crippen LogP contribution in [0.5, 0.6) is 5.75 Å². The van der Waals surface area contributed by atoms with Crippen LogP contribution in [0, 0.1) is 5.92 Å². The van der Waals surface area contributed by atoms with E-state index in [2.05, 4.69) is 5.10 Å². The second kappa shape index (κ2) is 6.43. The Balaban J connectivity index is 1.32. The quantitative estimate of drug-likeness (QED) is 0.844. The van der Waals surface area contributed by atoms with Gasteiger partial charge < -0.3 is 14.4 Å². The number of carbonyl (C=O) groups is 1. The molecule has 6 nitrogen and oxygen atoms in total. The predicted octanol–water partition coefficient (Wildman–Crippen LogP) is 2.02. The standard InChI is InChI=1S/C20H23N3O3/c24-20(19-9-15-3-1-2-4-18(15)26-19)22-10-16-7-8-21-23(16)12-17(11-22)25-13-14-5-6-14/h1-4,7-8,14,17,19H,5-6,9-13H2/t17-,19+/m1/s1. The van der Waals surface area contributed by atoms with Gasteiger partial charge in [0.25, 0.3) is 5.91 Å². The number of aromatic nitrogens is 2. The molecular formula is C20H23N3O3. The Kier molecular flexibility index (Phi) is 3.93. The third-order valence-electron chi connectivity index (χ3n) is 5.46. The Hall–Kier alpha value is -2.34. The molecule has 0 spiro atoms. The zero-order valence-electron chi connectivity index (χ0n) is 14.7. The monoisotopic (exact) mass is 353 g/mol. The first-order valence-corrected chi connectivity index (χ1v) is 9.42. The minimum atomic E-state index is -0.439. The largest absolute Gasteiger partial charge is 0.480 e. The minimum Gasteiger partial charge on any atom is -0.480 e. The zero-order valence-corrected chi connectivity index (χ0v) is 14.7. The van der Waals surface area contributed by atoms with Gasteiger partial charge in [0.2, 0.25) is 0 Å². The van der Waals surface area contributed by atoms with Gasteiger partial charge in [0.1, 0.15) is 5.75 Å². The van der Waals surface area contributed by atoms with Crippen LogP contribution in [0.25, 0.3) is 0 Å². The highest BCUT2D eigenvalue weighted by Crippen LogP contribution is 2.31. The van der Waals surface area contributed by atoms with Gasteiger partial charge in [0, 0.05) is 25.8 Å². The van der Waals surface area contributed by atoms with Crippen molar-refractivity contribution >= 4 is 5.91 Å². The number of carbonyl (C=O) groups excluding carboxylic acids is 1. The van der Waals surface area contributed by atoms with Crippen molar-refractivity contribution in [1.29, 1.82) is 0 Å². The molecule has 1 aliphatic carbocycles. The Morgan fingerprint density at radius 3 is 2.96 bits per heavy atom. The third kappa shape index (κ3) is 3.09. The highest BCUT2D eigenvalue weighted by Gasteiger charge is 2.35. The molecule has 5 rings (SSSR count). The zero-order chi connectivity index (χ0) is 17.5. The Morgan fingerprint density at radius 2 is 2.12 bits per heavy atom. The van der Waals surface area contributed by atoms with Crippen molar-refractivity contribution in [3.05, 3.63) is 47.8 Å². The van der Waals surface area contributed by atoms with Gasteiger partial charge in [-0.25, -0.2) is 0 Å². The first-order chi connectivity index (χ1) is 12.8. The third-order valence-corrected chi connectivity index (χ3v) is 5.46. The first-order valence-electron chi connectivity index (χ1n) is 9.42. The van der Waals surface area contributed by atoms with Crippen LogP contribution in [0.3, 0.4) is 0 Å². The van der Waals surface area contributed by atoms with Gasteiger partial charge in [-0.05, 0) is 36.5 Å². The molecule has 3 heterocycles. The van der Waals surface area contributed by atoms with Crippen LogP contribution < -0.4 is 4.74 Å². The van der Waals surface area contributed by atoms with E-state index in [1.807, 2.05) is 39.9 Å². The van der Waals surface area contributed by atoms with Crippen LogP contribution in [0.1, 0.15) is 24.1 Å². The number of hydrogen-bond acceptors (Lipinski definition) is 4. The Labute approximate surface area is 152 Å². The van der Waals surface area contributed by atoms with Gasteiger partial charge in [-0.2, -0.15) is 5.10 Å². The maximum absolute atomic E-state index is 13.2. The number of fused-ring (bicyclic) bond motifs is 2. The molecule has 0 unspecified atom stereocenters. The molecule has 0 bridgehead atoms. The molecule has 2 atom stereocenters. The molecular weight excluding hydrogens is 330 g/mol. The first kappa shape index (κ1) is 15.9. The van der Waals surface area contributed by atoms with Crippen molar-refractivity contribution in [3.63, 3.8) is 0 Å². The summed E-state index contributed by atoms with van der Waals surface area (Å²) < 4.78 is 14.0. The highest BCUT2D eigenvalue weighted by molar-refractivity contribution is 5.82. The van der Waals surface area contributed by atoms with Crippen molar-refractivity contribution in [3.8, 4) is 5.75 Å². The summed E-state index contributed by atoms with van der Waals surface area (Å²) >= 11 is 0. The Bertz CT molecular complexity index is 789. The molecule has 3 aliphatic rings. The lowest BCUT2D eigenvalue weighted by Crippen LogP contribution is -2.44. The van der Waals surface area contributed by atoms with Crippen molar-refractivity contribution in [1.82, 2.24) is 14.7 Å². The van der Waals surface area contributed by atoms with Gasteiger partial charge in [-0.15, -0.1) is 0 Å². The summed E-state index contributed by atoms with van der Waals surface area (Å²) in [5.74, 6) is 1.57. The smallest absolute Gasteiger partial charge is 0.264 e. The van der Waals surface area contributed by atoms with E-state index < -0.39 is 6.10 Å². The fraction of sp³-hybridized carbons (Fsp3) is 0.500. The molecule has 1 aromatic carbocycles. The average molecular weight is 353 g/mol. The van der Waals surface area contributed by atoms with Crippen LogP contribution in [-0.2, 0) is 29.0 Å². The number of ether oxygens (including phenoxy) is 2. The summed E-state index contributed by atoms with van der Waals surface area (Å²) in [7, 11) is 0. The molecule has 2 aliphatic heterocycles. The summed E-state index contributed by atoms with van der Waals surface area (Å²) in [6, 6.07) is 9.87. The SMILES string of the molecule is O=C([C@@H]1Cc2ccccc2O1)N1Cc2ccnn2C[C@H](OCC2CC2)C1. The van der Waals surface area contributed by atoms with Crippen molar-refractivity contribution < 1.29 is 14.3 Å². The molecule has 0 radical (unpaired) electrons. The molecule has 26 heavy (non-hydrogen) atoms. The maximum atomic E-state index is 13.2. The minimum absolute atomic E-state index is 0.0236. The lowest BCUT2D eigenvalue weighted by atomic mass is 10.1. The van der Waals surface area contributed by atoms with Crippen LogP contribution in [0.2, 0.25) is 0 Å². The van der Waals surface area contributed by atoms with Crippen molar-refractivity contribution in [2.24, 2.45) is 5.92 Å². The lowest BCUT2D eigenvalue weighted by molar-refractivity contribution is -0.140. The maximum Gasteiger partial charge on any atom is 0.264 e. The molecule has 136 valence electrons. The van der Waals surface area contributed by atoms with E-state index >= 15 is 0 Å². The number of hydrogen-bond donors (Lipinski definition) is 0. The summed E-state index contributed by atoms with van der Waals surface area (Å²) in [6.45, 7) is 2.63. The van der Waals surface area contributed by atoms with E-state index in [1.54, 1.807) is 6.20 Å². The molecule has 2 aromatic rings. The lowest BCUT2D eigenvalue weighted by Gasteiger charge is -2.26. The van der Waals surface area contributed by atoms with Gasteiger partial charge >= 0.3 is 0 Å². The van der Waals surface area contributed by atoms with Gasteiger partial charge in [-0.3, -0.25) is 9.48 Å². The van der Waals surface area contributed by atoms with Gasteiger partial charge in [-0.1, -0.05) is 18.2 Å². The molecule has 6 heteroatoms. The molecule has 1 amide bonds. The summed E-state index contributed by atoms with van der Waals surface area (Å²) in [6.07, 6.45) is 4.49. The van der Waals surface area contributed by atoms with E-state index in [4.69, 9.17) is 9.47 Å². The number of para-hydroxylation sites is 1. The van der Waals surface area contributed by atoms with E-state index in [0.717, 1.165) is 23.6 Å². The molecule has 0 saturated heterocycles. The van der Waals surface area contributed by atoms with Crippen molar-refractivity contribution in [2.45, 2.75) is 44.6 Å². The van der Waals surface area contributed by atoms with Crippen LogP contribution in [0.15, 0.2) is 36.5 Å². The van der Waals surface area contributed by atoms with Gasteiger partial charge in [0.05, 0.1) is 24.9 Å². The molecule has 0 N–H and O–H groups in total. The number of benzene rings is 1. The second-order valence-electron chi connectivity index (χ2n) is 7.54. The van der Waals surface area contributed by atoms with E-state index in [-0.39, 0.29) is 12.0 Å². The van der Waals surface area contributed by atoms with Crippen molar-refractivity contribution in [2.75, 3.05) is 13.2 Å². The second-order valence-corrected chi connectivity index (χ2v) is 7.54. The number of nitrogens with zero attached hydrogens (tertiary/aromatic N) is 3. The van der Waals surface area contributed by atoms with E-state index in [0.29, 0.717) is 32.0 Å². The molecule has 1 saturated carbocycles. The van der Waals surface area contributed by atoms with Crippen LogP contribution in [0.4, 0.5) is 0 Å². The highest BCUT2D eigenvalue weighted by atomic mass is 16.5. The van der Waals surface area contributed by atoms with Crippen LogP contribution >= 0.6 is 0 Å². The number of rotatable bonds is 4. The molecule has 1 fully saturated rings. The number of amides is 1. The Morgan fingerprint density at radius 1 is 1.23 bits per heavy atom. The van der Waals surface area contributed by atoms with E-state index in [1.165, 1.54) is 12.8 Å². The summed E-state index contributed by atoms with van der Waals surface area (Å²) in [5, 5.41) is 4.40. The van der Waals surface area contributed by atoms with Crippen LogP contribution in [-0.4, -0.2) is 45.9 Å². The fourth-order valence-electron chi connectivity index (χ4n) is 3.77. The normalized spacial score (nSPS) is 24.5. The topological polar surface area (TPSA) is 56.6 Å². The fourth-order valence-corrected chi connectivity index (χ4v) is 3.77. The van der Waals surface area contributed by atoms with Gasteiger partial charge in [0.15, 0.2) is 6.10 Å². The predicted molar refractivity (Wildman–Crippen MR) is 94.7 cm³/mol. The summed E-state index contributed by atoms with van der Waals surface area (Å²) in [5.41, 5.74) is 2.15.